The molecule has 0 unspecified atom stereocenters. The summed E-state index contributed by atoms with van der Waals surface area (Å²) in [4.78, 5) is 42.8. The standard InChI is InChI=1S/C26H31N3O5/c1-15(2)9-21(29-13-16-7-5-6-8-19(16)25(29)31)26(32)28-14-18-12-23(34-4)22(33-3)11-17(18)10-20(28)24(27)30/h5-8,11-12,15,20-21H,9-10,13-14H2,1-4H3,(H2,27,30)/t20-,21-/m0/s1. The Balaban J connectivity index is 1.69. The Morgan fingerprint density at radius 2 is 1.68 bits per heavy atom. The number of fused-ring (bicyclic) bond motifs is 2. The van der Waals surface area contributed by atoms with Crippen molar-refractivity contribution < 1.29 is 23.9 Å². The monoisotopic (exact) mass is 465 g/mol. The van der Waals surface area contributed by atoms with Crippen molar-refractivity contribution in [2.45, 2.75) is 51.9 Å². The van der Waals surface area contributed by atoms with Gasteiger partial charge in [0.1, 0.15) is 12.1 Å². The van der Waals surface area contributed by atoms with Crippen LogP contribution in [0.15, 0.2) is 36.4 Å². The number of hydrogen-bond acceptors (Lipinski definition) is 5. The summed E-state index contributed by atoms with van der Waals surface area (Å²) < 4.78 is 10.8. The van der Waals surface area contributed by atoms with Crippen molar-refractivity contribution in [2.24, 2.45) is 11.7 Å². The second-order valence-electron chi connectivity index (χ2n) is 9.30. The van der Waals surface area contributed by atoms with Crippen molar-refractivity contribution in [1.82, 2.24) is 9.80 Å². The van der Waals surface area contributed by atoms with E-state index in [2.05, 4.69) is 0 Å². The Hall–Kier alpha value is -3.55. The Kier molecular flexibility index (Phi) is 6.50. The van der Waals surface area contributed by atoms with Crippen LogP contribution >= 0.6 is 0 Å². The van der Waals surface area contributed by atoms with E-state index >= 15 is 0 Å². The Bertz CT molecular complexity index is 1130. The fraction of sp³-hybridized carbons (Fsp3) is 0.423. The molecule has 2 atom stereocenters. The number of nitrogens with two attached hydrogens (primary N) is 1. The van der Waals surface area contributed by atoms with E-state index in [0.29, 0.717) is 30.0 Å². The molecule has 2 heterocycles. The van der Waals surface area contributed by atoms with Crippen LogP contribution in [0.5, 0.6) is 11.5 Å². The van der Waals surface area contributed by atoms with Gasteiger partial charge < -0.3 is 25.0 Å². The SMILES string of the molecule is COc1cc2c(cc1OC)CN(C(=O)[C@H](CC(C)C)N1Cc3ccccc3C1=O)[C@H](C(N)=O)C2. The minimum atomic E-state index is -0.812. The number of hydrogen-bond donors (Lipinski definition) is 1. The smallest absolute Gasteiger partial charge is 0.255 e. The maximum Gasteiger partial charge on any atom is 0.255 e. The summed E-state index contributed by atoms with van der Waals surface area (Å²) in [5, 5.41) is 0. The second kappa shape index (κ2) is 9.37. The van der Waals surface area contributed by atoms with Crippen LogP contribution in [0, 0.1) is 5.92 Å². The molecule has 4 rings (SSSR count). The Morgan fingerprint density at radius 1 is 1.03 bits per heavy atom. The molecular formula is C26H31N3O5. The predicted molar refractivity (Wildman–Crippen MR) is 126 cm³/mol. The number of nitrogens with zero attached hydrogens (tertiary/aromatic N) is 2. The van der Waals surface area contributed by atoms with Crippen molar-refractivity contribution in [3.05, 3.63) is 58.7 Å². The summed E-state index contributed by atoms with van der Waals surface area (Å²) in [6.45, 7) is 4.60. The zero-order valence-electron chi connectivity index (χ0n) is 20.0. The molecule has 8 nitrogen and oxygen atoms in total. The molecular weight excluding hydrogens is 434 g/mol. The molecule has 2 aliphatic heterocycles. The first-order valence-electron chi connectivity index (χ1n) is 11.5. The molecule has 0 radical (unpaired) electrons. The predicted octanol–water partition coefficient (Wildman–Crippen LogP) is 2.51. The van der Waals surface area contributed by atoms with Crippen molar-refractivity contribution >= 4 is 17.7 Å². The van der Waals surface area contributed by atoms with Crippen molar-refractivity contribution in [3.63, 3.8) is 0 Å². The lowest BCUT2D eigenvalue weighted by Crippen LogP contribution is -2.57. The average Bonchev–Trinajstić information content (AvgIpc) is 3.16. The Morgan fingerprint density at radius 3 is 2.26 bits per heavy atom. The van der Waals surface area contributed by atoms with Gasteiger partial charge in [0.05, 0.1) is 14.2 Å². The Labute approximate surface area is 199 Å². The minimum absolute atomic E-state index is 0.158. The number of ether oxygens (including phenoxy) is 2. The molecule has 0 saturated heterocycles. The van der Waals surface area contributed by atoms with Crippen molar-refractivity contribution in [3.8, 4) is 11.5 Å². The fourth-order valence-electron chi connectivity index (χ4n) is 4.93. The first-order chi connectivity index (χ1) is 16.2. The van der Waals surface area contributed by atoms with E-state index in [-0.39, 0.29) is 30.7 Å². The van der Waals surface area contributed by atoms with Gasteiger partial charge in [-0.3, -0.25) is 14.4 Å². The zero-order chi connectivity index (χ0) is 24.6. The molecule has 0 aliphatic carbocycles. The van der Waals surface area contributed by atoms with Gasteiger partial charge in [-0.2, -0.15) is 0 Å². The van der Waals surface area contributed by atoms with Crippen LogP contribution < -0.4 is 15.2 Å². The van der Waals surface area contributed by atoms with Crippen LogP contribution in [0.25, 0.3) is 0 Å². The van der Waals surface area contributed by atoms with Gasteiger partial charge in [-0.05, 0) is 47.2 Å². The summed E-state index contributed by atoms with van der Waals surface area (Å²) in [5.41, 5.74) is 9.04. The highest BCUT2D eigenvalue weighted by Gasteiger charge is 2.42. The van der Waals surface area contributed by atoms with Crippen LogP contribution in [-0.4, -0.2) is 53.8 Å². The highest BCUT2D eigenvalue weighted by molar-refractivity contribution is 6.01. The fourth-order valence-corrected chi connectivity index (χ4v) is 4.93. The van der Waals surface area contributed by atoms with Gasteiger partial charge >= 0.3 is 0 Å². The molecule has 0 spiro atoms. The number of carbonyl (C=O) groups excluding carboxylic acids is 3. The van der Waals surface area contributed by atoms with Gasteiger partial charge in [0.2, 0.25) is 11.8 Å². The van der Waals surface area contributed by atoms with Gasteiger partial charge in [-0.15, -0.1) is 0 Å². The minimum Gasteiger partial charge on any atom is -0.493 e. The van der Waals surface area contributed by atoms with Gasteiger partial charge in [-0.1, -0.05) is 32.0 Å². The number of methoxy groups -OCH3 is 2. The molecule has 2 N–H and O–H groups in total. The molecule has 0 bridgehead atoms. The molecule has 2 aromatic rings. The number of carbonyl (C=O) groups is 3. The lowest BCUT2D eigenvalue weighted by Gasteiger charge is -2.39. The third kappa shape index (κ3) is 4.20. The number of primary amides is 1. The van der Waals surface area contributed by atoms with E-state index in [0.717, 1.165) is 16.7 Å². The molecule has 2 aromatic carbocycles. The molecule has 0 aromatic heterocycles. The van der Waals surface area contributed by atoms with Crippen LogP contribution in [0.2, 0.25) is 0 Å². The first-order valence-corrected chi connectivity index (χ1v) is 11.5. The molecule has 0 fully saturated rings. The van der Waals surface area contributed by atoms with Crippen molar-refractivity contribution in [2.75, 3.05) is 14.2 Å². The number of benzene rings is 2. The molecule has 34 heavy (non-hydrogen) atoms. The third-order valence-electron chi connectivity index (χ3n) is 6.65. The quantitative estimate of drug-likeness (QED) is 0.677. The highest BCUT2D eigenvalue weighted by atomic mass is 16.5. The number of rotatable bonds is 7. The lowest BCUT2D eigenvalue weighted by molar-refractivity contribution is -0.145. The summed E-state index contributed by atoms with van der Waals surface area (Å²) in [7, 11) is 3.10. The van der Waals surface area contributed by atoms with E-state index in [4.69, 9.17) is 15.2 Å². The van der Waals surface area contributed by atoms with E-state index in [1.807, 2.05) is 44.2 Å². The summed E-state index contributed by atoms with van der Waals surface area (Å²) in [5.74, 6) is 0.276. The summed E-state index contributed by atoms with van der Waals surface area (Å²) in [6.07, 6.45) is 0.763. The molecule has 3 amide bonds. The largest absolute Gasteiger partial charge is 0.493 e. The maximum atomic E-state index is 14.0. The summed E-state index contributed by atoms with van der Waals surface area (Å²) in [6, 6.07) is 9.58. The van der Waals surface area contributed by atoms with Gasteiger partial charge in [0.25, 0.3) is 5.91 Å². The molecule has 8 heteroatoms. The van der Waals surface area contributed by atoms with Gasteiger partial charge in [-0.25, -0.2) is 0 Å². The maximum absolute atomic E-state index is 14.0. The first kappa shape index (κ1) is 23.6. The van der Waals surface area contributed by atoms with Crippen LogP contribution in [0.4, 0.5) is 0 Å². The average molecular weight is 466 g/mol. The highest BCUT2D eigenvalue weighted by Crippen LogP contribution is 2.36. The molecule has 2 aliphatic rings. The van der Waals surface area contributed by atoms with Crippen LogP contribution in [-0.2, 0) is 29.1 Å². The van der Waals surface area contributed by atoms with Gasteiger partial charge in [0.15, 0.2) is 11.5 Å². The second-order valence-corrected chi connectivity index (χ2v) is 9.30. The van der Waals surface area contributed by atoms with Gasteiger partial charge in [0, 0.05) is 25.1 Å². The topological polar surface area (TPSA) is 102 Å². The lowest BCUT2D eigenvalue weighted by atomic mass is 9.91. The van der Waals surface area contributed by atoms with E-state index < -0.39 is 18.0 Å². The number of amides is 3. The zero-order valence-corrected chi connectivity index (χ0v) is 20.0. The van der Waals surface area contributed by atoms with Crippen LogP contribution in [0.3, 0.4) is 0 Å². The van der Waals surface area contributed by atoms with Crippen molar-refractivity contribution in [1.29, 1.82) is 0 Å². The van der Waals surface area contributed by atoms with E-state index in [9.17, 15) is 14.4 Å². The summed E-state index contributed by atoms with van der Waals surface area (Å²) >= 11 is 0. The normalized spacial score (nSPS) is 17.9. The molecule has 180 valence electrons. The molecule has 0 saturated carbocycles. The van der Waals surface area contributed by atoms with E-state index in [1.165, 1.54) is 4.90 Å². The van der Waals surface area contributed by atoms with E-state index in [1.54, 1.807) is 25.2 Å². The third-order valence-corrected chi connectivity index (χ3v) is 6.65. The van der Waals surface area contributed by atoms with Crippen LogP contribution in [0.1, 0.15) is 47.3 Å².